The molecule has 7 heteroatoms. The lowest BCUT2D eigenvalue weighted by atomic mass is 10.0. The highest BCUT2D eigenvalue weighted by Gasteiger charge is 2.16. The molecule has 0 saturated carbocycles. The van der Waals surface area contributed by atoms with Gasteiger partial charge >= 0.3 is 5.97 Å². The van der Waals surface area contributed by atoms with Crippen molar-refractivity contribution >= 4 is 5.97 Å². The summed E-state index contributed by atoms with van der Waals surface area (Å²) >= 11 is 0. The molecule has 0 radical (unpaired) electrons. The van der Waals surface area contributed by atoms with Crippen LogP contribution in [-0.4, -0.2) is 25.3 Å². The molecule has 1 N–H and O–H groups in total. The molecule has 1 rings (SSSR count). The van der Waals surface area contributed by atoms with Crippen molar-refractivity contribution in [2.24, 2.45) is 5.11 Å². The van der Waals surface area contributed by atoms with Crippen LogP contribution < -0.4 is 9.47 Å². The Kier molecular flexibility index (Phi) is 6.19. The number of carboxylic acid groups (broad SMARTS) is 1. The fourth-order valence-corrected chi connectivity index (χ4v) is 1.88. The maximum atomic E-state index is 10.5. The van der Waals surface area contributed by atoms with E-state index in [4.69, 9.17) is 20.1 Å². The summed E-state index contributed by atoms with van der Waals surface area (Å²) in [6, 6.07) is 4.75. The van der Waals surface area contributed by atoms with Crippen molar-refractivity contribution in [3.8, 4) is 11.5 Å². The van der Waals surface area contributed by atoms with E-state index in [2.05, 4.69) is 10.0 Å². The van der Waals surface area contributed by atoms with E-state index < -0.39 is 12.0 Å². The van der Waals surface area contributed by atoms with Crippen LogP contribution in [0.25, 0.3) is 10.4 Å². The van der Waals surface area contributed by atoms with Gasteiger partial charge in [-0.15, -0.1) is 0 Å². The van der Waals surface area contributed by atoms with Gasteiger partial charge < -0.3 is 14.6 Å². The quantitative estimate of drug-likeness (QED) is 0.447. The first kappa shape index (κ1) is 15.7. The largest absolute Gasteiger partial charge is 0.497 e. The third kappa shape index (κ3) is 4.37. The normalized spacial score (nSPS) is 11.3. The number of methoxy groups -OCH3 is 2. The fourth-order valence-electron chi connectivity index (χ4n) is 1.88. The molecule has 0 aliphatic rings. The van der Waals surface area contributed by atoms with Gasteiger partial charge in [-0.3, -0.25) is 4.79 Å². The van der Waals surface area contributed by atoms with Crippen molar-refractivity contribution in [2.75, 3.05) is 14.2 Å². The van der Waals surface area contributed by atoms with E-state index in [0.29, 0.717) is 24.3 Å². The summed E-state index contributed by atoms with van der Waals surface area (Å²) in [6.07, 6.45) is 0.906. The molecule has 0 saturated heterocycles. The molecule has 20 heavy (non-hydrogen) atoms. The smallest absolute Gasteiger partial charge is 0.303 e. The van der Waals surface area contributed by atoms with Gasteiger partial charge in [-0.25, -0.2) is 0 Å². The van der Waals surface area contributed by atoms with Crippen LogP contribution >= 0.6 is 0 Å². The Morgan fingerprint density at radius 1 is 1.45 bits per heavy atom. The summed E-state index contributed by atoms with van der Waals surface area (Å²) < 4.78 is 10.4. The second-order valence-electron chi connectivity index (χ2n) is 4.11. The van der Waals surface area contributed by atoms with Gasteiger partial charge in [0, 0.05) is 23.0 Å². The fraction of sp³-hybridized carbons (Fsp3) is 0.462. The molecular formula is C13H17N3O4. The Morgan fingerprint density at radius 2 is 2.20 bits per heavy atom. The zero-order valence-corrected chi connectivity index (χ0v) is 11.4. The third-order valence-electron chi connectivity index (χ3n) is 2.86. The van der Waals surface area contributed by atoms with E-state index in [0.717, 1.165) is 5.56 Å². The molecule has 1 aromatic carbocycles. The predicted octanol–water partition coefficient (Wildman–Crippen LogP) is 3.31. The average Bonchev–Trinajstić information content (AvgIpc) is 2.45. The summed E-state index contributed by atoms with van der Waals surface area (Å²) in [4.78, 5) is 13.4. The molecule has 7 nitrogen and oxygen atoms in total. The van der Waals surface area contributed by atoms with Crippen molar-refractivity contribution < 1.29 is 19.4 Å². The van der Waals surface area contributed by atoms with E-state index in [1.807, 2.05) is 0 Å². The maximum absolute atomic E-state index is 10.5. The summed E-state index contributed by atoms with van der Waals surface area (Å²) in [7, 11) is 3.06. The molecule has 0 aliphatic heterocycles. The summed E-state index contributed by atoms with van der Waals surface area (Å²) in [5, 5.41) is 12.4. The first-order valence-electron chi connectivity index (χ1n) is 6.10. The van der Waals surface area contributed by atoms with Crippen molar-refractivity contribution in [2.45, 2.75) is 25.3 Å². The SMILES string of the molecule is COc1ccc(C(CCCC(=O)O)N=[N+]=[N-])c(OC)c1. The number of rotatable bonds is 8. The standard InChI is InChI=1S/C13H17N3O4/c1-19-9-6-7-10(12(8-9)20-2)11(15-16-14)4-3-5-13(17)18/h6-8,11H,3-5H2,1-2H3,(H,17,18). The molecule has 0 fully saturated rings. The molecular weight excluding hydrogens is 262 g/mol. The molecule has 0 heterocycles. The lowest BCUT2D eigenvalue weighted by Gasteiger charge is -2.15. The van der Waals surface area contributed by atoms with Crippen LogP contribution in [0.1, 0.15) is 30.9 Å². The molecule has 0 aliphatic carbocycles. The average molecular weight is 279 g/mol. The molecule has 0 amide bonds. The number of azide groups is 1. The number of hydrogen-bond acceptors (Lipinski definition) is 4. The van der Waals surface area contributed by atoms with E-state index in [9.17, 15) is 4.79 Å². The van der Waals surface area contributed by atoms with Crippen molar-refractivity contribution in [1.82, 2.24) is 0 Å². The van der Waals surface area contributed by atoms with Crippen LogP contribution in [0.4, 0.5) is 0 Å². The van der Waals surface area contributed by atoms with E-state index in [1.54, 1.807) is 25.3 Å². The molecule has 0 spiro atoms. The van der Waals surface area contributed by atoms with Crippen LogP contribution in [0, 0.1) is 0 Å². The lowest BCUT2D eigenvalue weighted by Crippen LogP contribution is -2.01. The zero-order valence-electron chi connectivity index (χ0n) is 11.4. The molecule has 0 aromatic heterocycles. The number of aliphatic carboxylic acids is 1. The minimum absolute atomic E-state index is 0.0376. The lowest BCUT2D eigenvalue weighted by molar-refractivity contribution is -0.137. The van der Waals surface area contributed by atoms with E-state index >= 15 is 0 Å². The topological polar surface area (TPSA) is 105 Å². The zero-order chi connectivity index (χ0) is 15.0. The van der Waals surface area contributed by atoms with Crippen molar-refractivity contribution in [3.05, 3.63) is 34.2 Å². The van der Waals surface area contributed by atoms with Gasteiger partial charge in [0.1, 0.15) is 11.5 Å². The minimum Gasteiger partial charge on any atom is -0.497 e. The Hall–Kier alpha value is -2.40. The van der Waals surface area contributed by atoms with Gasteiger partial charge in [0.25, 0.3) is 0 Å². The van der Waals surface area contributed by atoms with Gasteiger partial charge in [-0.05, 0) is 24.4 Å². The molecule has 1 unspecified atom stereocenters. The maximum Gasteiger partial charge on any atom is 0.303 e. The van der Waals surface area contributed by atoms with Gasteiger partial charge in [-0.1, -0.05) is 11.2 Å². The van der Waals surface area contributed by atoms with Crippen LogP contribution in [0.5, 0.6) is 11.5 Å². The second kappa shape index (κ2) is 7.91. The van der Waals surface area contributed by atoms with Crippen LogP contribution in [0.15, 0.2) is 23.3 Å². The number of carboxylic acids is 1. The highest BCUT2D eigenvalue weighted by Crippen LogP contribution is 2.34. The van der Waals surface area contributed by atoms with E-state index in [-0.39, 0.29) is 6.42 Å². The Bertz CT molecular complexity index is 512. The third-order valence-corrected chi connectivity index (χ3v) is 2.86. The van der Waals surface area contributed by atoms with Crippen molar-refractivity contribution in [3.63, 3.8) is 0 Å². The van der Waals surface area contributed by atoms with Crippen LogP contribution in [0.3, 0.4) is 0 Å². The number of nitrogens with zero attached hydrogens (tertiary/aromatic N) is 3. The van der Waals surface area contributed by atoms with Crippen LogP contribution in [0.2, 0.25) is 0 Å². The molecule has 108 valence electrons. The van der Waals surface area contributed by atoms with Crippen molar-refractivity contribution in [1.29, 1.82) is 0 Å². The summed E-state index contributed by atoms with van der Waals surface area (Å²) in [6.45, 7) is 0. The first-order chi connectivity index (χ1) is 9.62. The summed E-state index contributed by atoms with van der Waals surface area (Å²) in [5.74, 6) is 0.319. The Balaban J connectivity index is 2.95. The number of benzene rings is 1. The Labute approximate surface area is 116 Å². The highest BCUT2D eigenvalue weighted by molar-refractivity contribution is 5.66. The van der Waals surface area contributed by atoms with Gasteiger partial charge in [0.05, 0.1) is 20.3 Å². The first-order valence-corrected chi connectivity index (χ1v) is 6.10. The number of carbonyl (C=O) groups is 1. The number of hydrogen-bond donors (Lipinski definition) is 1. The van der Waals surface area contributed by atoms with Gasteiger partial charge in [0.15, 0.2) is 0 Å². The van der Waals surface area contributed by atoms with Gasteiger partial charge in [-0.2, -0.15) is 0 Å². The minimum atomic E-state index is -0.869. The van der Waals surface area contributed by atoms with Crippen LogP contribution in [-0.2, 0) is 4.79 Å². The molecule has 1 atom stereocenters. The van der Waals surface area contributed by atoms with Gasteiger partial charge in [0.2, 0.25) is 0 Å². The second-order valence-corrected chi connectivity index (χ2v) is 4.11. The molecule has 0 bridgehead atoms. The Morgan fingerprint density at radius 3 is 2.75 bits per heavy atom. The molecule has 1 aromatic rings. The van der Waals surface area contributed by atoms with E-state index in [1.165, 1.54) is 7.11 Å². The monoisotopic (exact) mass is 279 g/mol. The predicted molar refractivity (Wildman–Crippen MR) is 72.9 cm³/mol. The highest BCUT2D eigenvalue weighted by atomic mass is 16.5. The summed E-state index contributed by atoms with van der Waals surface area (Å²) in [5.41, 5.74) is 9.37. The number of ether oxygens (including phenoxy) is 2.